The molecule has 1 aliphatic rings. The molecule has 6 nitrogen and oxygen atoms in total. The average molecular weight is 305 g/mol. The molecule has 0 bridgehead atoms. The first-order valence-corrected chi connectivity index (χ1v) is 7.53. The highest BCUT2D eigenvalue weighted by atomic mass is 16.5. The van der Waals surface area contributed by atoms with Gasteiger partial charge < -0.3 is 15.4 Å². The molecule has 0 aliphatic carbocycles. The van der Waals surface area contributed by atoms with Crippen molar-refractivity contribution in [2.75, 3.05) is 44.7 Å². The number of amides is 2. The molecule has 1 aliphatic heterocycles. The van der Waals surface area contributed by atoms with E-state index in [1.54, 1.807) is 6.07 Å². The summed E-state index contributed by atoms with van der Waals surface area (Å²) in [6.07, 6.45) is 0. The maximum Gasteiger partial charge on any atom is 0.313 e. The minimum atomic E-state index is -0.629. The Labute approximate surface area is 130 Å². The summed E-state index contributed by atoms with van der Waals surface area (Å²) < 4.78 is 5.26. The van der Waals surface area contributed by atoms with Crippen LogP contribution in [0, 0.1) is 13.8 Å². The standard InChI is InChI=1S/C16H23N3O3/c1-12-4-3-5-14(13(12)2)18-16(21)15(20)17-6-7-19-8-10-22-11-9-19/h3-5H,6-11H2,1-2H3,(H,17,20)(H,18,21). The van der Waals surface area contributed by atoms with Crippen LogP contribution in [0.2, 0.25) is 0 Å². The van der Waals surface area contributed by atoms with Gasteiger partial charge in [0.1, 0.15) is 0 Å². The summed E-state index contributed by atoms with van der Waals surface area (Å²) in [5.41, 5.74) is 2.72. The van der Waals surface area contributed by atoms with Crippen LogP contribution in [0.1, 0.15) is 11.1 Å². The lowest BCUT2D eigenvalue weighted by molar-refractivity contribution is -0.136. The van der Waals surface area contributed by atoms with Crippen molar-refractivity contribution in [1.29, 1.82) is 0 Å². The van der Waals surface area contributed by atoms with E-state index in [2.05, 4.69) is 15.5 Å². The Hall–Kier alpha value is -1.92. The fraction of sp³-hybridized carbons (Fsp3) is 0.500. The number of morpholine rings is 1. The van der Waals surface area contributed by atoms with Crippen molar-refractivity contribution in [3.05, 3.63) is 29.3 Å². The number of carbonyl (C=O) groups excluding carboxylic acids is 2. The van der Waals surface area contributed by atoms with Crippen LogP contribution < -0.4 is 10.6 Å². The van der Waals surface area contributed by atoms with Crippen molar-refractivity contribution in [3.8, 4) is 0 Å². The molecule has 1 fully saturated rings. The first kappa shape index (κ1) is 16.5. The molecule has 0 aromatic heterocycles. The fourth-order valence-corrected chi connectivity index (χ4v) is 2.30. The highest BCUT2D eigenvalue weighted by molar-refractivity contribution is 6.39. The molecule has 120 valence electrons. The van der Waals surface area contributed by atoms with Crippen molar-refractivity contribution in [2.45, 2.75) is 13.8 Å². The number of carbonyl (C=O) groups is 2. The van der Waals surface area contributed by atoms with Crippen molar-refractivity contribution in [1.82, 2.24) is 10.2 Å². The van der Waals surface area contributed by atoms with Gasteiger partial charge in [0.15, 0.2) is 0 Å². The Morgan fingerprint density at radius 1 is 1.18 bits per heavy atom. The molecule has 1 aromatic carbocycles. The van der Waals surface area contributed by atoms with Crippen LogP contribution in [0.25, 0.3) is 0 Å². The van der Waals surface area contributed by atoms with Gasteiger partial charge in [-0.2, -0.15) is 0 Å². The number of hydrogen-bond acceptors (Lipinski definition) is 4. The van der Waals surface area contributed by atoms with Gasteiger partial charge in [-0.1, -0.05) is 12.1 Å². The van der Waals surface area contributed by atoms with Crippen LogP contribution in [-0.4, -0.2) is 56.1 Å². The predicted molar refractivity (Wildman–Crippen MR) is 84.8 cm³/mol. The highest BCUT2D eigenvalue weighted by Gasteiger charge is 2.15. The second-order valence-corrected chi connectivity index (χ2v) is 5.41. The number of hydrogen-bond donors (Lipinski definition) is 2. The van der Waals surface area contributed by atoms with Crippen LogP contribution in [0.5, 0.6) is 0 Å². The number of anilines is 1. The number of nitrogens with zero attached hydrogens (tertiary/aromatic N) is 1. The molecule has 2 amide bonds. The van der Waals surface area contributed by atoms with E-state index in [4.69, 9.17) is 4.74 Å². The van der Waals surface area contributed by atoms with E-state index in [9.17, 15) is 9.59 Å². The number of rotatable bonds is 4. The first-order valence-electron chi connectivity index (χ1n) is 7.53. The third-order valence-electron chi connectivity index (χ3n) is 3.88. The first-order chi connectivity index (χ1) is 10.6. The lowest BCUT2D eigenvalue weighted by atomic mass is 10.1. The molecule has 0 saturated carbocycles. The number of benzene rings is 1. The molecule has 0 radical (unpaired) electrons. The third-order valence-corrected chi connectivity index (χ3v) is 3.88. The molecule has 0 spiro atoms. The normalized spacial score (nSPS) is 15.4. The van der Waals surface area contributed by atoms with Crippen molar-refractivity contribution in [2.24, 2.45) is 0 Å². The molecule has 2 rings (SSSR count). The zero-order valence-electron chi connectivity index (χ0n) is 13.1. The summed E-state index contributed by atoms with van der Waals surface area (Å²) in [4.78, 5) is 25.9. The number of nitrogens with one attached hydrogen (secondary N) is 2. The van der Waals surface area contributed by atoms with Gasteiger partial charge in [-0.05, 0) is 31.0 Å². The van der Waals surface area contributed by atoms with Crippen molar-refractivity contribution in [3.63, 3.8) is 0 Å². The quantitative estimate of drug-likeness (QED) is 0.803. The zero-order chi connectivity index (χ0) is 15.9. The SMILES string of the molecule is Cc1cccc(NC(=O)C(=O)NCCN2CCOCC2)c1C. The van der Waals surface area contributed by atoms with Crippen LogP contribution in [-0.2, 0) is 14.3 Å². The lowest BCUT2D eigenvalue weighted by Crippen LogP contribution is -2.43. The Morgan fingerprint density at radius 2 is 1.91 bits per heavy atom. The van der Waals surface area contributed by atoms with Gasteiger partial charge >= 0.3 is 11.8 Å². The Morgan fingerprint density at radius 3 is 2.64 bits per heavy atom. The van der Waals surface area contributed by atoms with E-state index in [1.165, 1.54) is 0 Å². The molecule has 22 heavy (non-hydrogen) atoms. The zero-order valence-corrected chi connectivity index (χ0v) is 13.1. The Balaban J connectivity index is 1.77. The summed E-state index contributed by atoms with van der Waals surface area (Å²) in [6, 6.07) is 5.61. The van der Waals surface area contributed by atoms with Gasteiger partial charge in [0, 0.05) is 31.9 Å². The number of ether oxygens (including phenoxy) is 1. The molecular formula is C16H23N3O3. The largest absolute Gasteiger partial charge is 0.379 e. The molecule has 1 aromatic rings. The summed E-state index contributed by atoms with van der Waals surface area (Å²) in [5, 5.41) is 5.31. The average Bonchev–Trinajstić information content (AvgIpc) is 2.52. The topological polar surface area (TPSA) is 70.7 Å². The second kappa shape index (κ2) is 7.91. The molecular weight excluding hydrogens is 282 g/mol. The minimum Gasteiger partial charge on any atom is -0.379 e. The molecule has 0 atom stereocenters. The van der Waals surface area contributed by atoms with Crippen molar-refractivity contribution >= 4 is 17.5 Å². The van der Waals surface area contributed by atoms with Crippen LogP contribution in [0.15, 0.2) is 18.2 Å². The lowest BCUT2D eigenvalue weighted by Gasteiger charge is -2.26. The molecule has 6 heteroatoms. The Kier molecular flexibility index (Phi) is 5.91. The van der Waals surface area contributed by atoms with Gasteiger partial charge in [0.05, 0.1) is 13.2 Å². The van der Waals surface area contributed by atoms with Gasteiger partial charge in [-0.15, -0.1) is 0 Å². The van der Waals surface area contributed by atoms with Crippen molar-refractivity contribution < 1.29 is 14.3 Å². The maximum absolute atomic E-state index is 11.9. The number of aryl methyl sites for hydroxylation is 1. The van der Waals surface area contributed by atoms with Gasteiger partial charge in [-0.3, -0.25) is 14.5 Å². The third kappa shape index (κ3) is 4.54. The fourth-order valence-electron chi connectivity index (χ4n) is 2.30. The van der Waals surface area contributed by atoms with E-state index >= 15 is 0 Å². The molecule has 1 saturated heterocycles. The predicted octanol–water partition coefficient (Wildman–Crippen LogP) is 0.690. The summed E-state index contributed by atoms with van der Waals surface area (Å²) >= 11 is 0. The van der Waals surface area contributed by atoms with Gasteiger partial charge in [0.2, 0.25) is 0 Å². The van der Waals surface area contributed by atoms with E-state index in [0.717, 1.165) is 44.0 Å². The summed E-state index contributed by atoms with van der Waals surface area (Å²) in [7, 11) is 0. The van der Waals surface area contributed by atoms with Gasteiger partial charge in [-0.25, -0.2) is 0 Å². The minimum absolute atomic E-state index is 0.457. The smallest absolute Gasteiger partial charge is 0.313 e. The van der Waals surface area contributed by atoms with Gasteiger partial charge in [0.25, 0.3) is 0 Å². The molecule has 1 heterocycles. The Bertz CT molecular complexity index is 539. The van der Waals surface area contributed by atoms with E-state index in [1.807, 2.05) is 26.0 Å². The maximum atomic E-state index is 11.9. The molecule has 2 N–H and O–H groups in total. The highest BCUT2D eigenvalue weighted by Crippen LogP contribution is 2.17. The summed E-state index contributed by atoms with van der Waals surface area (Å²) in [5.74, 6) is -1.23. The van der Waals surface area contributed by atoms with E-state index < -0.39 is 11.8 Å². The summed E-state index contributed by atoms with van der Waals surface area (Å²) in [6.45, 7) is 8.25. The van der Waals surface area contributed by atoms with Crippen LogP contribution in [0.4, 0.5) is 5.69 Å². The molecule has 0 unspecified atom stereocenters. The van der Waals surface area contributed by atoms with E-state index in [0.29, 0.717) is 12.2 Å². The second-order valence-electron chi connectivity index (χ2n) is 5.41. The van der Waals surface area contributed by atoms with Crippen LogP contribution in [0.3, 0.4) is 0 Å². The monoisotopic (exact) mass is 305 g/mol. The van der Waals surface area contributed by atoms with E-state index in [-0.39, 0.29) is 0 Å². The van der Waals surface area contributed by atoms with Crippen LogP contribution >= 0.6 is 0 Å².